The lowest BCUT2D eigenvalue weighted by atomic mass is 10.4. The van der Waals surface area contributed by atoms with Crippen molar-refractivity contribution in [2.24, 2.45) is 0 Å². The molecule has 0 aliphatic carbocycles. The molecule has 4 heteroatoms. The Morgan fingerprint density at radius 3 is 2.80 bits per heavy atom. The third kappa shape index (κ3) is 4.26. The molecule has 0 radical (unpaired) electrons. The summed E-state index contributed by atoms with van der Waals surface area (Å²) in [4.78, 5) is 10.1. The maximum Gasteiger partial charge on any atom is 0.332 e. The first-order chi connectivity index (χ1) is 4.68. The van der Waals surface area contributed by atoms with Gasteiger partial charge in [-0.05, 0) is 13.3 Å². The predicted molar refractivity (Wildman–Crippen MR) is 33.6 cm³/mol. The Kier molecular flexibility index (Phi) is 4.84. The molecule has 0 aromatic rings. The Morgan fingerprint density at radius 1 is 1.80 bits per heavy atom. The monoisotopic (exact) mass is 150 g/mol. The van der Waals surface area contributed by atoms with Gasteiger partial charge in [0, 0.05) is 0 Å². The molecule has 0 fully saturated rings. The van der Waals surface area contributed by atoms with E-state index in [1.165, 1.54) is 6.92 Å². The molecule has 3 nitrogen and oxygen atoms in total. The number of aliphatic carboxylic acids is 1. The van der Waals surface area contributed by atoms with Crippen molar-refractivity contribution in [1.29, 1.82) is 0 Å². The van der Waals surface area contributed by atoms with Gasteiger partial charge in [-0.2, -0.15) is 0 Å². The van der Waals surface area contributed by atoms with Crippen LogP contribution in [0.25, 0.3) is 0 Å². The van der Waals surface area contributed by atoms with Gasteiger partial charge in [0.1, 0.15) is 0 Å². The highest BCUT2D eigenvalue weighted by Crippen LogP contribution is 1.92. The molecule has 0 aromatic carbocycles. The summed E-state index contributed by atoms with van der Waals surface area (Å²) in [7, 11) is 0. The number of rotatable bonds is 5. The number of ether oxygens (including phenoxy) is 1. The van der Waals surface area contributed by atoms with Gasteiger partial charge in [0.15, 0.2) is 6.10 Å². The van der Waals surface area contributed by atoms with Crippen LogP contribution in [0.15, 0.2) is 0 Å². The lowest BCUT2D eigenvalue weighted by molar-refractivity contribution is -0.149. The summed E-state index contributed by atoms with van der Waals surface area (Å²) in [6.45, 7) is 1.12. The first-order valence-corrected chi connectivity index (χ1v) is 3.09. The van der Waals surface area contributed by atoms with Gasteiger partial charge in [0.05, 0.1) is 13.3 Å². The van der Waals surface area contributed by atoms with E-state index in [0.29, 0.717) is 0 Å². The number of hydrogen-bond donors (Lipinski definition) is 1. The van der Waals surface area contributed by atoms with Crippen LogP contribution in [-0.2, 0) is 9.53 Å². The van der Waals surface area contributed by atoms with E-state index < -0.39 is 18.7 Å². The van der Waals surface area contributed by atoms with Crippen LogP contribution in [0.3, 0.4) is 0 Å². The van der Waals surface area contributed by atoms with E-state index in [4.69, 9.17) is 9.84 Å². The molecule has 0 spiro atoms. The summed E-state index contributed by atoms with van der Waals surface area (Å²) in [5, 5.41) is 8.26. The molecule has 0 amide bonds. The summed E-state index contributed by atoms with van der Waals surface area (Å²) in [5.41, 5.74) is 0. The van der Waals surface area contributed by atoms with Crippen molar-refractivity contribution in [3.05, 3.63) is 0 Å². The van der Waals surface area contributed by atoms with Crippen molar-refractivity contribution in [2.45, 2.75) is 19.4 Å². The maximum atomic E-state index is 11.4. The van der Waals surface area contributed by atoms with Crippen LogP contribution in [0, 0.1) is 0 Å². The van der Waals surface area contributed by atoms with Gasteiger partial charge < -0.3 is 9.84 Å². The zero-order valence-electron chi connectivity index (χ0n) is 5.84. The van der Waals surface area contributed by atoms with E-state index in [9.17, 15) is 9.18 Å². The second kappa shape index (κ2) is 5.17. The first-order valence-electron chi connectivity index (χ1n) is 3.09. The van der Waals surface area contributed by atoms with Crippen LogP contribution in [0.1, 0.15) is 13.3 Å². The van der Waals surface area contributed by atoms with Crippen molar-refractivity contribution in [2.75, 3.05) is 13.3 Å². The molecule has 60 valence electrons. The van der Waals surface area contributed by atoms with Gasteiger partial charge in [-0.15, -0.1) is 0 Å². The fourth-order valence-electron chi connectivity index (χ4n) is 0.386. The van der Waals surface area contributed by atoms with Gasteiger partial charge in [0.2, 0.25) is 0 Å². The average Bonchev–Trinajstić information content (AvgIpc) is 1.88. The van der Waals surface area contributed by atoms with E-state index in [1.54, 1.807) is 0 Å². The topological polar surface area (TPSA) is 46.5 Å². The predicted octanol–water partition coefficient (Wildman–Crippen LogP) is 0.836. The fourth-order valence-corrected chi connectivity index (χ4v) is 0.386. The molecule has 0 rings (SSSR count). The molecule has 0 heterocycles. The number of carbonyl (C=O) groups is 1. The van der Waals surface area contributed by atoms with Crippen LogP contribution in [0.5, 0.6) is 0 Å². The van der Waals surface area contributed by atoms with Gasteiger partial charge in [-0.1, -0.05) is 0 Å². The minimum absolute atomic E-state index is 0.171. The van der Waals surface area contributed by atoms with Crippen molar-refractivity contribution in [3.63, 3.8) is 0 Å². The largest absolute Gasteiger partial charge is 0.479 e. The standard InChI is InChI=1S/C6H11FO3/c1-5(6(8)9)10-4-2-3-7/h5H,2-4H2,1H3,(H,8,9). The minimum Gasteiger partial charge on any atom is -0.479 e. The summed E-state index contributed by atoms with van der Waals surface area (Å²) < 4.78 is 16.1. The van der Waals surface area contributed by atoms with Crippen LogP contribution in [0.4, 0.5) is 4.39 Å². The van der Waals surface area contributed by atoms with Crippen LogP contribution < -0.4 is 0 Å². The van der Waals surface area contributed by atoms with E-state index in [-0.39, 0.29) is 13.0 Å². The van der Waals surface area contributed by atoms with Gasteiger partial charge >= 0.3 is 5.97 Å². The highest BCUT2D eigenvalue weighted by Gasteiger charge is 2.09. The zero-order valence-corrected chi connectivity index (χ0v) is 5.84. The summed E-state index contributed by atoms with van der Waals surface area (Å²) >= 11 is 0. The second-order valence-electron chi connectivity index (χ2n) is 1.89. The molecule has 1 N–H and O–H groups in total. The van der Waals surface area contributed by atoms with E-state index in [1.807, 2.05) is 0 Å². The van der Waals surface area contributed by atoms with Crippen LogP contribution >= 0.6 is 0 Å². The zero-order chi connectivity index (χ0) is 7.98. The Morgan fingerprint density at radius 2 is 2.40 bits per heavy atom. The van der Waals surface area contributed by atoms with E-state index >= 15 is 0 Å². The lowest BCUT2D eigenvalue weighted by Crippen LogP contribution is -2.20. The maximum absolute atomic E-state index is 11.4. The van der Waals surface area contributed by atoms with Crippen molar-refractivity contribution in [3.8, 4) is 0 Å². The molecule has 1 unspecified atom stereocenters. The molecule has 0 bridgehead atoms. The molecular weight excluding hydrogens is 139 g/mol. The van der Waals surface area contributed by atoms with Gasteiger partial charge in [-0.3, -0.25) is 4.39 Å². The van der Waals surface area contributed by atoms with E-state index in [2.05, 4.69) is 0 Å². The normalized spacial score (nSPS) is 13.0. The average molecular weight is 150 g/mol. The fraction of sp³-hybridized carbons (Fsp3) is 0.833. The first kappa shape index (κ1) is 9.36. The molecule has 0 aliphatic rings. The molecule has 1 atom stereocenters. The minimum atomic E-state index is -1.01. The lowest BCUT2D eigenvalue weighted by Gasteiger charge is -2.05. The molecule has 0 saturated heterocycles. The highest BCUT2D eigenvalue weighted by atomic mass is 19.1. The summed E-state index contributed by atoms with van der Waals surface area (Å²) in [5.74, 6) is -1.01. The quantitative estimate of drug-likeness (QED) is 0.590. The third-order valence-electron chi connectivity index (χ3n) is 0.994. The van der Waals surface area contributed by atoms with Crippen molar-refractivity contribution in [1.82, 2.24) is 0 Å². The molecular formula is C6H11FO3. The van der Waals surface area contributed by atoms with Crippen LogP contribution in [0.2, 0.25) is 0 Å². The summed E-state index contributed by atoms with van der Waals surface area (Å²) in [6.07, 6.45) is -0.566. The van der Waals surface area contributed by atoms with Crippen LogP contribution in [-0.4, -0.2) is 30.5 Å². The number of halogens is 1. The molecule has 10 heavy (non-hydrogen) atoms. The SMILES string of the molecule is CC(OCCCF)C(=O)O. The number of carboxylic acid groups (broad SMARTS) is 1. The highest BCUT2D eigenvalue weighted by molar-refractivity contribution is 5.71. The third-order valence-corrected chi connectivity index (χ3v) is 0.994. The molecule has 0 aromatic heterocycles. The van der Waals surface area contributed by atoms with Crippen molar-refractivity contribution < 1.29 is 19.0 Å². The number of hydrogen-bond acceptors (Lipinski definition) is 2. The smallest absolute Gasteiger partial charge is 0.332 e. The Balaban J connectivity index is 3.21. The number of alkyl halides is 1. The van der Waals surface area contributed by atoms with E-state index in [0.717, 1.165) is 0 Å². The number of carboxylic acids is 1. The molecule has 0 aliphatic heterocycles. The summed E-state index contributed by atoms with van der Waals surface area (Å²) in [6, 6.07) is 0. The van der Waals surface area contributed by atoms with Gasteiger partial charge in [0.25, 0.3) is 0 Å². The Bertz CT molecular complexity index is 105. The Labute approximate surface area is 58.8 Å². The Hall–Kier alpha value is -0.640. The second-order valence-corrected chi connectivity index (χ2v) is 1.89. The van der Waals surface area contributed by atoms with Crippen molar-refractivity contribution >= 4 is 5.97 Å². The van der Waals surface area contributed by atoms with Gasteiger partial charge in [-0.25, -0.2) is 4.79 Å². The molecule has 0 saturated carbocycles.